The van der Waals surface area contributed by atoms with Gasteiger partial charge in [0.25, 0.3) is 0 Å². The lowest BCUT2D eigenvalue weighted by atomic mass is 10.1. The Labute approximate surface area is 108 Å². The fraction of sp³-hybridized carbons (Fsp3) is 0.231. The van der Waals surface area contributed by atoms with Gasteiger partial charge < -0.3 is 10.4 Å². The summed E-state index contributed by atoms with van der Waals surface area (Å²) in [5, 5.41) is 14.9. The number of nitrogens with one attached hydrogen (secondary N) is 1. The first-order valence-corrected chi connectivity index (χ1v) is 6.71. The van der Waals surface area contributed by atoms with E-state index in [4.69, 9.17) is 4.18 Å². The monoisotopic (exact) mass is 265 g/mol. The molecule has 0 saturated heterocycles. The Kier molecular flexibility index (Phi) is 3.84. The molecular formula is C13H15NO3S. The van der Waals surface area contributed by atoms with E-state index in [2.05, 4.69) is 5.32 Å². The minimum absolute atomic E-state index is 0.00689. The van der Waals surface area contributed by atoms with Gasteiger partial charge in [0, 0.05) is 23.0 Å². The molecule has 1 atom stereocenters. The number of fused-ring (bicyclic) bond motifs is 1. The largest absolute Gasteiger partial charge is 0.506 e. The molecule has 0 heterocycles. The molecule has 5 heteroatoms. The average Bonchev–Trinajstić information content (AvgIpc) is 2.39. The van der Waals surface area contributed by atoms with Crippen LogP contribution < -0.4 is 5.32 Å². The van der Waals surface area contributed by atoms with Crippen molar-refractivity contribution in [3.8, 4) is 5.75 Å². The highest BCUT2D eigenvalue weighted by Crippen LogP contribution is 2.34. The van der Waals surface area contributed by atoms with Crippen LogP contribution in [0.1, 0.15) is 6.92 Å². The van der Waals surface area contributed by atoms with E-state index in [-0.39, 0.29) is 5.75 Å². The van der Waals surface area contributed by atoms with Crippen molar-refractivity contribution >= 4 is 27.5 Å². The molecule has 0 radical (unpaired) electrons. The van der Waals surface area contributed by atoms with Crippen LogP contribution in [0.4, 0.5) is 5.69 Å². The molecule has 0 saturated carbocycles. The van der Waals surface area contributed by atoms with Crippen LogP contribution in [0.2, 0.25) is 0 Å². The third-order valence-corrected chi connectivity index (χ3v) is 3.69. The maximum atomic E-state index is 11.6. The third kappa shape index (κ3) is 2.19. The first-order valence-electron chi connectivity index (χ1n) is 5.63. The Morgan fingerprint density at radius 2 is 2.06 bits per heavy atom. The zero-order valence-electron chi connectivity index (χ0n) is 10.3. The topological polar surface area (TPSA) is 58.6 Å². The second kappa shape index (κ2) is 5.37. The highest BCUT2D eigenvalue weighted by Gasteiger charge is 2.13. The summed E-state index contributed by atoms with van der Waals surface area (Å²) in [6.45, 7) is 2.80. The molecule has 2 aromatic rings. The summed E-state index contributed by atoms with van der Waals surface area (Å²) in [6.07, 6.45) is 0. The van der Waals surface area contributed by atoms with Crippen molar-refractivity contribution < 1.29 is 13.5 Å². The molecule has 0 aliphatic carbocycles. The number of anilines is 1. The third-order valence-electron chi connectivity index (χ3n) is 2.69. The number of phenols is 1. The molecule has 0 amide bonds. The fourth-order valence-electron chi connectivity index (χ4n) is 1.89. The molecule has 18 heavy (non-hydrogen) atoms. The van der Waals surface area contributed by atoms with Gasteiger partial charge in [-0.3, -0.25) is 4.18 Å². The van der Waals surface area contributed by atoms with Crippen molar-refractivity contribution in [2.45, 2.75) is 11.8 Å². The fourth-order valence-corrected chi connectivity index (χ4v) is 2.52. The summed E-state index contributed by atoms with van der Waals surface area (Å²) >= 11 is -1.64. The Hall–Kier alpha value is -1.59. The summed E-state index contributed by atoms with van der Waals surface area (Å²) in [4.78, 5) is 0.290. The van der Waals surface area contributed by atoms with E-state index in [1.54, 1.807) is 12.1 Å². The number of rotatable bonds is 4. The SMILES string of the molecule is CCNc1cccc2c(O)c(S(=O)OC)ccc12. The summed E-state index contributed by atoms with van der Waals surface area (Å²) in [7, 11) is 1.34. The minimum atomic E-state index is -1.64. The number of phenolic OH excluding ortho intramolecular Hbond substituents is 1. The van der Waals surface area contributed by atoms with E-state index in [1.807, 2.05) is 25.1 Å². The second-order valence-electron chi connectivity index (χ2n) is 3.74. The summed E-state index contributed by atoms with van der Waals surface area (Å²) in [5.41, 5.74) is 0.944. The Balaban J connectivity index is 2.65. The summed E-state index contributed by atoms with van der Waals surface area (Å²) < 4.78 is 16.3. The van der Waals surface area contributed by atoms with Gasteiger partial charge in [0.05, 0.1) is 7.11 Å². The van der Waals surface area contributed by atoms with Crippen LogP contribution in [0.3, 0.4) is 0 Å². The number of benzene rings is 2. The number of hydrogen-bond donors (Lipinski definition) is 2. The van der Waals surface area contributed by atoms with Crippen molar-refractivity contribution in [3.63, 3.8) is 0 Å². The first-order chi connectivity index (χ1) is 8.69. The van der Waals surface area contributed by atoms with Gasteiger partial charge in [0.2, 0.25) is 0 Å². The predicted octanol–water partition coefficient (Wildman–Crippen LogP) is 2.65. The maximum absolute atomic E-state index is 11.6. The van der Waals surface area contributed by atoms with Gasteiger partial charge in [0.15, 0.2) is 11.1 Å². The zero-order valence-corrected chi connectivity index (χ0v) is 11.1. The van der Waals surface area contributed by atoms with Crippen molar-refractivity contribution in [3.05, 3.63) is 30.3 Å². The van der Waals surface area contributed by atoms with E-state index in [1.165, 1.54) is 7.11 Å². The normalized spacial score (nSPS) is 12.6. The van der Waals surface area contributed by atoms with E-state index < -0.39 is 11.1 Å². The van der Waals surface area contributed by atoms with E-state index in [0.29, 0.717) is 10.3 Å². The van der Waals surface area contributed by atoms with E-state index in [9.17, 15) is 9.32 Å². The van der Waals surface area contributed by atoms with Gasteiger partial charge in [-0.1, -0.05) is 18.2 Å². The van der Waals surface area contributed by atoms with Gasteiger partial charge in [-0.15, -0.1) is 0 Å². The number of hydrogen-bond acceptors (Lipinski definition) is 4. The van der Waals surface area contributed by atoms with Crippen LogP contribution in [0.15, 0.2) is 35.2 Å². The van der Waals surface area contributed by atoms with Gasteiger partial charge in [-0.05, 0) is 19.1 Å². The highest BCUT2D eigenvalue weighted by atomic mass is 32.2. The van der Waals surface area contributed by atoms with Crippen molar-refractivity contribution in [1.29, 1.82) is 0 Å². The van der Waals surface area contributed by atoms with Crippen LogP contribution >= 0.6 is 0 Å². The number of aromatic hydroxyl groups is 1. The molecule has 1 unspecified atom stereocenters. The molecule has 96 valence electrons. The van der Waals surface area contributed by atoms with Crippen molar-refractivity contribution in [2.75, 3.05) is 19.0 Å². The standard InChI is InChI=1S/C13H15NO3S/c1-3-14-11-6-4-5-10-9(11)7-8-12(13(10)15)18(16)17-2/h4-8,14-15H,3H2,1-2H3. The zero-order chi connectivity index (χ0) is 13.1. The molecular weight excluding hydrogens is 250 g/mol. The van der Waals surface area contributed by atoms with Crippen LogP contribution in [-0.4, -0.2) is 23.0 Å². The summed E-state index contributed by atoms with van der Waals surface area (Å²) in [5.74, 6) is 0.00689. The molecule has 0 spiro atoms. The van der Waals surface area contributed by atoms with E-state index in [0.717, 1.165) is 17.6 Å². The molecule has 0 aromatic heterocycles. The van der Waals surface area contributed by atoms with Gasteiger partial charge in [0.1, 0.15) is 10.6 Å². The molecule has 2 rings (SSSR count). The average molecular weight is 265 g/mol. The van der Waals surface area contributed by atoms with Gasteiger partial charge in [-0.2, -0.15) is 0 Å². The molecule has 0 aliphatic heterocycles. The van der Waals surface area contributed by atoms with E-state index >= 15 is 0 Å². The van der Waals surface area contributed by atoms with Crippen LogP contribution in [0.25, 0.3) is 10.8 Å². The molecule has 0 bridgehead atoms. The second-order valence-corrected chi connectivity index (χ2v) is 4.99. The first kappa shape index (κ1) is 12.9. The molecule has 2 N–H and O–H groups in total. The Morgan fingerprint density at radius 1 is 1.28 bits per heavy atom. The minimum Gasteiger partial charge on any atom is -0.506 e. The molecule has 4 nitrogen and oxygen atoms in total. The van der Waals surface area contributed by atoms with Crippen molar-refractivity contribution in [2.24, 2.45) is 0 Å². The van der Waals surface area contributed by atoms with Crippen LogP contribution in [0.5, 0.6) is 5.75 Å². The van der Waals surface area contributed by atoms with Gasteiger partial charge in [-0.25, -0.2) is 4.21 Å². The summed E-state index contributed by atoms with van der Waals surface area (Å²) in [6, 6.07) is 9.04. The lowest BCUT2D eigenvalue weighted by molar-refractivity contribution is 0.433. The Morgan fingerprint density at radius 3 is 2.72 bits per heavy atom. The maximum Gasteiger partial charge on any atom is 0.192 e. The van der Waals surface area contributed by atoms with Crippen molar-refractivity contribution in [1.82, 2.24) is 0 Å². The molecule has 2 aromatic carbocycles. The van der Waals surface area contributed by atoms with Crippen LogP contribution in [-0.2, 0) is 15.3 Å². The highest BCUT2D eigenvalue weighted by molar-refractivity contribution is 7.80. The molecule has 0 fully saturated rings. The smallest absolute Gasteiger partial charge is 0.192 e. The lowest BCUT2D eigenvalue weighted by Crippen LogP contribution is -1.98. The van der Waals surface area contributed by atoms with Gasteiger partial charge >= 0.3 is 0 Å². The molecule has 0 aliphatic rings. The quantitative estimate of drug-likeness (QED) is 0.892. The predicted molar refractivity (Wildman–Crippen MR) is 73.2 cm³/mol. The Bertz CT molecular complexity index is 598. The van der Waals surface area contributed by atoms with Crippen LogP contribution in [0, 0.1) is 0 Å². The lowest BCUT2D eigenvalue weighted by Gasteiger charge is -2.11.